The molecule has 0 spiro atoms. The summed E-state index contributed by atoms with van der Waals surface area (Å²) in [6.07, 6.45) is 3.47. The highest BCUT2D eigenvalue weighted by atomic mass is 16.5. The van der Waals surface area contributed by atoms with E-state index in [4.69, 9.17) is 4.74 Å². The number of hydrogen-bond donors (Lipinski definition) is 2. The molecule has 1 unspecified atom stereocenters. The Morgan fingerprint density at radius 2 is 2.35 bits per heavy atom. The van der Waals surface area contributed by atoms with Crippen molar-refractivity contribution in [1.29, 1.82) is 0 Å². The fourth-order valence-corrected chi connectivity index (χ4v) is 2.33. The van der Waals surface area contributed by atoms with Crippen LogP contribution in [0.25, 0.3) is 0 Å². The number of pyridine rings is 1. The van der Waals surface area contributed by atoms with E-state index < -0.39 is 5.54 Å². The predicted molar refractivity (Wildman–Crippen MR) is 76.8 cm³/mol. The zero-order valence-electron chi connectivity index (χ0n) is 11.9. The van der Waals surface area contributed by atoms with E-state index in [0.29, 0.717) is 18.8 Å². The van der Waals surface area contributed by atoms with Crippen LogP contribution in [0, 0.1) is 0 Å². The van der Waals surface area contributed by atoms with E-state index in [0.717, 1.165) is 19.4 Å². The van der Waals surface area contributed by atoms with Crippen LogP contribution < -0.4 is 16.2 Å². The number of nitrogens with one attached hydrogen (secondary N) is 2. The van der Waals surface area contributed by atoms with Gasteiger partial charge in [-0.1, -0.05) is 0 Å². The maximum atomic E-state index is 12.3. The second kappa shape index (κ2) is 6.19. The number of anilines is 1. The zero-order chi connectivity index (χ0) is 14.6. The quantitative estimate of drug-likeness (QED) is 0.827. The third-order valence-electron chi connectivity index (χ3n) is 3.65. The van der Waals surface area contributed by atoms with Crippen LogP contribution in [0.2, 0.25) is 0 Å². The van der Waals surface area contributed by atoms with Crippen LogP contribution in [0.15, 0.2) is 23.1 Å². The molecule has 0 radical (unpaired) electrons. The van der Waals surface area contributed by atoms with Crippen LogP contribution in [0.5, 0.6) is 0 Å². The Balaban J connectivity index is 2.09. The Bertz CT molecular complexity index is 533. The van der Waals surface area contributed by atoms with Gasteiger partial charge in [-0.25, -0.2) is 0 Å². The molecule has 1 atom stereocenters. The molecule has 2 rings (SSSR count). The Labute approximate surface area is 118 Å². The molecule has 1 aliphatic rings. The Kier molecular flexibility index (Phi) is 4.57. The van der Waals surface area contributed by atoms with Gasteiger partial charge in [0.2, 0.25) is 5.91 Å². The Hall–Kier alpha value is -1.66. The van der Waals surface area contributed by atoms with E-state index in [1.54, 1.807) is 19.4 Å². The van der Waals surface area contributed by atoms with Crippen molar-refractivity contribution in [2.75, 3.05) is 25.6 Å². The minimum Gasteiger partial charge on any atom is -0.383 e. The van der Waals surface area contributed by atoms with Crippen molar-refractivity contribution >= 4 is 11.6 Å². The fraction of sp³-hybridized carbons (Fsp3) is 0.571. The van der Waals surface area contributed by atoms with Crippen LogP contribution in [-0.2, 0) is 16.1 Å². The van der Waals surface area contributed by atoms with Crippen LogP contribution >= 0.6 is 0 Å². The lowest BCUT2D eigenvalue weighted by Gasteiger charge is -2.23. The summed E-state index contributed by atoms with van der Waals surface area (Å²) >= 11 is 0. The summed E-state index contributed by atoms with van der Waals surface area (Å²) in [5.74, 6) is -0.0630. The number of hydrogen-bond acceptors (Lipinski definition) is 4. The Morgan fingerprint density at radius 1 is 1.55 bits per heavy atom. The van der Waals surface area contributed by atoms with Crippen molar-refractivity contribution in [3.05, 3.63) is 28.7 Å². The minimum absolute atomic E-state index is 0.0630. The highest BCUT2D eigenvalue weighted by molar-refractivity contribution is 5.97. The lowest BCUT2D eigenvalue weighted by molar-refractivity contribution is -0.121. The predicted octanol–water partition coefficient (Wildman–Crippen LogP) is 0.575. The molecule has 20 heavy (non-hydrogen) atoms. The van der Waals surface area contributed by atoms with Crippen molar-refractivity contribution < 1.29 is 9.53 Å². The highest BCUT2D eigenvalue weighted by Gasteiger charge is 2.35. The average molecular weight is 279 g/mol. The molecule has 1 saturated heterocycles. The van der Waals surface area contributed by atoms with Gasteiger partial charge in [0.05, 0.1) is 17.8 Å². The van der Waals surface area contributed by atoms with Crippen LogP contribution in [-0.4, -0.2) is 36.3 Å². The summed E-state index contributed by atoms with van der Waals surface area (Å²) in [6.45, 7) is 3.68. The van der Waals surface area contributed by atoms with Gasteiger partial charge in [0.1, 0.15) is 0 Å². The first-order valence-corrected chi connectivity index (χ1v) is 6.81. The molecule has 0 aromatic carbocycles. The second-order valence-electron chi connectivity index (χ2n) is 5.26. The summed E-state index contributed by atoms with van der Waals surface area (Å²) in [4.78, 5) is 23.9. The lowest BCUT2D eigenvalue weighted by atomic mass is 9.99. The van der Waals surface area contributed by atoms with E-state index in [9.17, 15) is 9.59 Å². The minimum atomic E-state index is -0.520. The van der Waals surface area contributed by atoms with Crippen LogP contribution in [0.4, 0.5) is 5.69 Å². The van der Waals surface area contributed by atoms with Gasteiger partial charge < -0.3 is 19.9 Å². The van der Waals surface area contributed by atoms with Gasteiger partial charge >= 0.3 is 0 Å². The molecule has 1 fully saturated rings. The summed E-state index contributed by atoms with van der Waals surface area (Å²) < 4.78 is 6.49. The number of rotatable bonds is 5. The molecule has 1 aromatic rings. The third-order valence-corrected chi connectivity index (χ3v) is 3.65. The first-order valence-electron chi connectivity index (χ1n) is 6.81. The SMILES string of the molecule is COCCn1cc(NC(=O)C2(C)CCCN2)ccc1=O. The molecule has 0 bridgehead atoms. The molecule has 0 aliphatic carbocycles. The van der Waals surface area contributed by atoms with E-state index >= 15 is 0 Å². The standard InChI is InChI=1S/C14H21N3O3/c1-14(6-3-7-15-14)13(19)16-11-4-5-12(18)17(10-11)8-9-20-2/h4-5,10,15H,3,6-9H2,1-2H3,(H,16,19). The van der Waals surface area contributed by atoms with Crippen molar-refractivity contribution in [3.63, 3.8) is 0 Å². The second-order valence-corrected chi connectivity index (χ2v) is 5.26. The first kappa shape index (κ1) is 14.7. The number of nitrogens with zero attached hydrogens (tertiary/aromatic N) is 1. The van der Waals surface area contributed by atoms with Crippen molar-refractivity contribution in [1.82, 2.24) is 9.88 Å². The smallest absolute Gasteiger partial charge is 0.250 e. The molecule has 1 aromatic heterocycles. The molecule has 110 valence electrons. The van der Waals surface area contributed by atoms with E-state index in [1.165, 1.54) is 10.6 Å². The summed E-state index contributed by atoms with van der Waals surface area (Å²) in [5.41, 5.74) is -0.00101. The third kappa shape index (κ3) is 3.26. The molecular weight excluding hydrogens is 258 g/mol. The van der Waals surface area contributed by atoms with Gasteiger partial charge in [-0.3, -0.25) is 9.59 Å². The van der Waals surface area contributed by atoms with Gasteiger partial charge in [-0.15, -0.1) is 0 Å². The van der Waals surface area contributed by atoms with Gasteiger partial charge in [0.25, 0.3) is 5.56 Å². The summed E-state index contributed by atoms with van der Waals surface area (Å²) in [6, 6.07) is 3.08. The maximum absolute atomic E-state index is 12.3. The van der Waals surface area contributed by atoms with Gasteiger partial charge in [-0.2, -0.15) is 0 Å². The van der Waals surface area contributed by atoms with Gasteiger partial charge in [-0.05, 0) is 32.4 Å². The van der Waals surface area contributed by atoms with Crippen molar-refractivity contribution in [3.8, 4) is 0 Å². The molecule has 1 aliphatic heterocycles. The summed E-state index contributed by atoms with van der Waals surface area (Å²) in [5, 5.41) is 6.08. The van der Waals surface area contributed by atoms with Crippen LogP contribution in [0.3, 0.4) is 0 Å². The zero-order valence-corrected chi connectivity index (χ0v) is 11.9. The number of carbonyl (C=O) groups excluding carboxylic acids is 1. The van der Waals surface area contributed by atoms with E-state index in [1.807, 2.05) is 6.92 Å². The van der Waals surface area contributed by atoms with Crippen molar-refractivity contribution in [2.24, 2.45) is 0 Å². The molecule has 2 N–H and O–H groups in total. The molecule has 2 heterocycles. The monoisotopic (exact) mass is 279 g/mol. The maximum Gasteiger partial charge on any atom is 0.250 e. The van der Waals surface area contributed by atoms with Crippen LogP contribution in [0.1, 0.15) is 19.8 Å². The topological polar surface area (TPSA) is 72.4 Å². The Morgan fingerprint density at radius 3 is 3.00 bits per heavy atom. The lowest BCUT2D eigenvalue weighted by Crippen LogP contribution is -2.48. The molecule has 0 saturated carbocycles. The number of amides is 1. The van der Waals surface area contributed by atoms with E-state index in [-0.39, 0.29) is 11.5 Å². The molecule has 1 amide bonds. The average Bonchev–Trinajstić information content (AvgIpc) is 2.87. The number of carbonyl (C=O) groups is 1. The van der Waals surface area contributed by atoms with Gasteiger partial charge in [0.15, 0.2) is 0 Å². The fourth-order valence-electron chi connectivity index (χ4n) is 2.33. The van der Waals surface area contributed by atoms with Crippen molar-refractivity contribution in [2.45, 2.75) is 31.8 Å². The first-order chi connectivity index (χ1) is 9.55. The largest absolute Gasteiger partial charge is 0.383 e. The highest BCUT2D eigenvalue weighted by Crippen LogP contribution is 2.20. The number of aromatic nitrogens is 1. The summed E-state index contributed by atoms with van der Waals surface area (Å²) in [7, 11) is 1.59. The normalized spacial score (nSPS) is 21.9. The number of ether oxygens (including phenoxy) is 1. The number of methoxy groups -OCH3 is 1. The molecular formula is C14H21N3O3. The van der Waals surface area contributed by atoms with E-state index in [2.05, 4.69) is 10.6 Å². The van der Waals surface area contributed by atoms with Gasteiger partial charge in [0, 0.05) is 25.9 Å². The molecule has 6 nitrogen and oxygen atoms in total. The molecule has 6 heteroatoms.